The smallest absolute Gasteiger partial charge is 0.266 e. The first-order valence-electron chi connectivity index (χ1n) is 7.14. The van der Waals surface area contributed by atoms with Crippen LogP contribution in [0.15, 0.2) is 48.0 Å². The number of anilines is 1. The van der Waals surface area contributed by atoms with Gasteiger partial charge in [-0.15, -0.1) is 0 Å². The van der Waals surface area contributed by atoms with Crippen molar-refractivity contribution in [2.75, 3.05) is 11.9 Å². The van der Waals surface area contributed by atoms with Crippen molar-refractivity contribution in [1.82, 2.24) is 0 Å². The van der Waals surface area contributed by atoms with Crippen LogP contribution in [0.5, 0.6) is 5.75 Å². The van der Waals surface area contributed by atoms with Crippen LogP contribution in [0.25, 0.3) is 6.08 Å². The topological polar surface area (TPSA) is 62.1 Å². The molecule has 0 bridgehead atoms. The van der Waals surface area contributed by atoms with E-state index in [4.69, 9.17) is 16.3 Å². The van der Waals surface area contributed by atoms with Crippen molar-refractivity contribution in [3.05, 3.63) is 64.4 Å². The quantitative estimate of drug-likeness (QED) is 0.645. The largest absolute Gasteiger partial charge is 0.494 e. The van der Waals surface area contributed by atoms with E-state index >= 15 is 0 Å². The second kappa shape index (κ2) is 8.14. The zero-order chi connectivity index (χ0) is 17.5. The molecule has 0 aliphatic heterocycles. The van der Waals surface area contributed by atoms with Gasteiger partial charge >= 0.3 is 0 Å². The maximum Gasteiger partial charge on any atom is 0.266 e. The molecule has 0 saturated carbocycles. The Balaban J connectivity index is 2.20. The van der Waals surface area contributed by atoms with Gasteiger partial charge in [0.1, 0.15) is 23.2 Å². The van der Waals surface area contributed by atoms with E-state index in [-0.39, 0.29) is 10.6 Å². The minimum Gasteiger partial charge on any atom is -0.494 e. The van der Waals surface area contributed by atoms with E-state index in [1.54, 1.807) is 24.3 Å². The third kappa shape index (κ3) is 4.58. The van der Waals surface area contributed by atoms with Crippen molar-refractivity contribution in [2.24, 2.45) is 0 Å². The molecular weight excluding hydrogens is 331 g/mol. The predicted molar refractivity (Wildman–Crippen MR) is 91.2 cm³/mol. The van der Waals surface area contributed by atoms with Gasteiger partial charge in [0, 0.05) is 5.69 Å². The highest BCUT2D eigenvalue weighted by atomic mass is 35.5. The van der Waals surface area contributed by atoms with E-state index in [1.165, 1.54) is 18.2 Å². The van der Waals surface area contributed by atoms with Crippen LogP contribution in [0.3, 0.4) is 0 Å². The van der Waals surface area contributed by atoms with Crippen molar-refractivity contribution in [3.63, 3.8) is 0 Å². The number of ether oxygens (including phenoxy) is 1. The predicted octanol–water partition coefficient (Wildman–Crippen LogP) is 4.42. The molecule has 0 aromatic heterocycles. The highest BCUT2D eigenvalue weighted by Crippen LogP contribution is 2.20. The van der Waals surface area contributed by atoms with E-state index in [0.29, 0.717) is 23.6 Å². The molecule has 2 aromatic carbocycles. The summed E-state index contributed by atoms with van der Waals surface area (Å²) in [5, 5.41) is 11.6. The SMILES string of the molecule is CCOc1cccc(/C=C(\C#N)C(=O)Nc2ccc(F)c(Cl)c2)c1. The Kier molecular flexibility index (Phi) is 5.94. The van der Waals surface area contributed by atoms with Crippen LogP contribution in [0, 0.1) is 17.1 Å². The molecule has 0 radical (unpaired) electrons. The summed E-state index contributed by atoms with van der Waals surface area (Å²) in [4.78, 5) is 12.2. The molecule has 24 heavy (non-hydrogen) atoms. The molecule has 1 N–H and O–H groups in total. The molecule has 2 rings (SSSR count). The molecule has 0 aliphatic rings. The van der Waals surface area contributed by atoms with E-state index < -0.39 is 11.7 Å². The summed E-state index contributed by atoms with van der Waals surface area (Å²) >= 11 is 5.67. The van der Waals surface area contributed by atoms with Crippen LogP contribution in [0.2, 0.25) is 5.02 Å². The molecule has 0 fully saturated rings. The van der Waals surface area contributed by atoms with Gasteiger partial charge in [-0.2, -0.15) is 5.26 Å². The lowest BCUT2D eigenvalue weighted by Crippen LogP contribution is -2.13. The van der Waals surface area contributed by atoms with Gasteiger partial charge in [0.15, 0.2) is 0 Å². The van der Waals surface area contributed by atoms with E-state index in [1.807, 2.05) is 13.0 Å². The highest BCUT2D eigenvalue weighted by Gasteiger charge is 2.11. The van der Waals surface area contributed by atoms with Gasteiger partial charge in [-0.05, 0) is 48.9 Å². The third-order valence-electron chi connectivity index (χ3n) is 3.02. The fourth-order valence-electron chi connectivity index (χ4n) is 1.95. The number of benzene rings is 2. The average molecular weight is 345 g/mol. The fraction of sp³-hybridized carbons (Fsp3) is 0.111. The lowest BCUT2D eigenvalue weighted by molar-refractivity contribution is -0.112. The minimum atomic E-state index is -0.609. The fourth-order valence-corrected chi connectivity index (χ4v) is 2.13. The maximum atomic E-state index is 13.1. The van der Waals surface area contributed by atoms with Crippen LogP contribution >= 0.6 is 11.6 Å². The molecule has 4 nitrogen and oxygen atoms in total. The summed E-state index contributed by atoms with van der Waals surface area (Å²) in [6.07, 6.45) is 1.45. The van der Waals surface area contributed by atoms with Gasteiger partial charge in [-0.25, -0.2) is 4.39 Å². The second-order valence-corrected chi connectivity index (χ2v) is 5.17. The molecule has 0 aliphatic carbocycles. The number of carbonyl (C=O) groups is 1. The molecule has 1 amide bonds. The van der Waals surface area contributed by atoms with Gasteiger partial charge in [0.25, 0.3) is 5.91 Å². The monoisotopic (exact) mass is 344 g/mol. The van der Waals surface area contributed by atoms with Crippen LogP contribution in [-0.2, 0) is 4.79 Å². The standard InChI is InChI=1S/C18H14ClFN2O2/c1-2-24-15-5-3-4-12(9-15)8-13(11-21)18(23)22-14-6-7-17(20)16(19)10-14/h3-10H,2H2,1H3,(H,22,23)/b13-8+. The molecule has 0 spiro atoms. The van der Waals surface area contributed by atoms with Gasteiger partial charge < -0.3 is 10.1 Å². The molecule has 122 valence electrons. The second-order valence-electron chi connectivity index (χ2n) is 4.76. The molecule has 0 unspecified atom stereocenters. The first-order chi connectivity index (χ1) is 11.5. The molecule has 0 saturated heterocycles. The van der Waals surface area contributed by atoms with Crippen LogP contribution in [0.4, 0.5) is 10.1 Å². The van der Waals surface area contributed by atoms with E-state index in [9.17, 15) is 14.4 Å². The maximum absolute atomic E-state index is 13.1. The van der Waals surface area contributed by atoms with Crippen molar-refractivity contribution in [1.29, 1.82) is 5.26 Å². The summed E-state index contributed by atoms with van der Waals surface area (Å²) in [6.45, 7) is 2.38. The summed E-state index contributed by atoms with van der Waals surface area (Å²) in [5.41, 5.74) is 0.865. The van der Waals surface area contributed by atoms with Crippen LogP contribution < -0.4 is 10.1 Å². The van der Waals surface area contributed by atoms with Crippen LogP contribution in [-0.4, -0.2) is 12.5 Å². The van der Waals surface area contributed by atoms with Crippen LogP contribution in [0.1, 0.15) is 12.5 Å². The van der Waals surface area contributed by atoms with Gasteiger partial charge in [-0.1, -0.05) is 23.7 Å². The third-order valence-corrected chi connectivity index (χ3v) is 3.31. The first kappa shape index (κ1) is 17.5. The zero-order valence-electron chi connectivity index (χ0n) is 12.8. The van der Waals surface area contributed by atoms with Gasteiger partial charge in [0.2, 0.25) is 0 Å². The molecule has 0 heterocycles. The summed E-state index contributed by atoms with van der Waals surface area (Å²) in [6, 6.07) is 12.7. The summed E-state index contributed by atoms with van der Waals surface area (Å²) < 4.78 is 18.5. The Hall–Kier alpha value is -2.84. The Labute approximate surface area is 144 Å². The van der Waals surface area contributed by atoms with E-state index in [0.717, 1.165) is 6.07 Å². The summed E-state index contributed by atoms with van der Waals surface area (Å²) in [7, 11) is 0. The number of carbonyl (C=O) groups excluding carboxylic acids is 1. The molecule has 6 heteroatoms. The Morgan fingerprint density at radius 1 is 1.38 bits per heavy atom. The molecular formula is C18H14ClFN2O2. The lowest BCUT2D eigenvalue weighted by Gasteiger charge is -2.06. The Morgan fingerprint density at radius 3 is 2.83 bits per heavy atom. The van der Waals surface area contributed by atoms with Crippen molar-refractivity contribution < 1.29 is 13.9 Å². The Morgan fingerprint density at radius 2 is 2.17 bits per heavy atom. The Bertz CT molecular complexity index is 828. The molecule has 0 atom stereocenters. The number of nitriles is 1. The van der Waals surface area contributed by atoms with Crippen molar-refractivity contribution >= 4 is 29.3 Å². The number of hydrogen-bond donors (Lipinski definition) is 1. The average Bonchev–Trinajstić information content (AvgIpc) is 2.56. The normalized spacial score (nSPS) is 10.8. The number of halogens is 2. The van der Waals surface area contributed by atoms with Crippen molar-refractivity contribution in [3.8, 4) is 11.8 Å². The number of nitrogens with zero attached hydrogens (tertiary/aromatic N) is 1. The minimum absolute atomic E-state index is 0.0934. The number of nitrogens with one attached hydrogen (secondary N) is 1. The summed E-state index contributed by atoms with van der Waals surface area (Å²) in [5.74, 6) is -0.547. The number of rotatable bonds is 5. The first-order valence-corrected chi connectivity index (χ1v) is 7.52. The number of amides is 1. The van der Waals surface area contributed by atoms with Gasteiger partial charge in [0.05, 0.1) is 11.6 Å². The van der Waals surface area contributed by atoms with E-state index in [2.05, 4.69) is 5.32 Å². The lowest BCUT2D eigenvalue weighted by atomic mass is 10.1. The van der Waals surface area contributed by atoms with Gasteiger partial charge in [-0.3, -0.25) is 4.79 Å². The zero-order valence-corrected chi connectivity index (χ0v) is 13.6. The highest BCUT2D eigenvalue weighted by molar-refractivity contribution is 6.31. The van der Waals surface area contributed by atoms with Crippen molar-refractivity contribution in [2.45, 2.75) is 6.92 Å². The molecule has 2 aromatic rings. The number of hydrogen-bond acceptors (Lipinski definition) is 3.